The van der Waals surface area contributed by atoms with Crippen LogP contribution in [0.1, 0.15) is 41.5 Å². The van der Waals surface area contributed by atoms with Crippen molar-refractivity contribution >= 4 is 11.6 Å². The zero-order valence-electron chi connectivity index (χ0n) is 12.7. The van der Waals surface area contributed by atoms with Crippen LogP contribution < -0.4 is 5.32 Å². The molecule has 0 aliphatic rings. The molecular formula is C15H18N4O3. The lowest BCUT2D eigenvalue weighted by molar-refractivity contribution is -0.384. The number of non-ortho nitro benzene ring substituents is 1. The molecule has 0 saturated heterocycles. The highest BCUT2D eigenvalue weighted by Crippen LogP contribution is 2.18. The normalized spacial score (nSPS) is 12.0. The molecule has 2 aromatic rings. The first kappa shape index (κ1) is 15.7. The lowest BCUT2D eigenvalue weighted by Gasteiger charge is -2.14. The van der Waals surface area contributed by atoms with Gasteiger partial charge >= 0.3 is 0 Å². The van der Waals surface area contributed by atoms with Crippen molar-refractivity contribution in [3.05, 3.63) is 57.4 Å². The molecule has 1 aromatic carbocycles. The predicted octanol–water partition coefficient (Wildman–Crippen LogP) is 2.61. The molecular weight excluding hydrogens is 284 g/mol. The van der Waals surface area contributed by atoms with Crippen molar-refractivity contribution in [1.29, 1.82) is 0 Å². The summed E-state index contributed by atoms with van der Waals surface area (Å²) in [6.07, 6.45) is 1.73. The molecule has 0 saturated carbocycles. The Morgan fingerprint density at radius 1 is 1.50 bits per heavy atom. The van der Waals surface area contributed by atoms with Gasteiger partial charge < -0.3 is 5.32 Å². The number of amides is 1. The molecule has 0 aliphatic heterocycles. The number of nitro groups is 1. The maximum atomic E-state index is 12.2. The fraction of sp³-hybridized carbons (Fsp3) is 0.333. The quantitative estimate of drug-likeness (QED) is 0.679. The number of aromatic nitrogens is 2. The third-order valence-electron chi connectivity index (χ3n) is 3.57. The standard InChI is InChI=1S/C15H18N4O3/c1-4-18-11(3)14(9-16-18)10(2)17-15(20)12-6-5-7-13(8-12)19(21)22/h5-10H,4H2,1-3H3,(H,17,20). The topological polar surface area (TPSA) is 90.1 Å². The Kier molecular flexibility index (Phi) is 4.55. The van der Waals surface area contributed by atoms with Crippen molar-refractivity contribution in [1.82, 2.24) is 15.1 Å². The molecule has 1 N–H and O–H groups in total. The Balaban J connectivity index is 2.15. The van der Waals surface area contributed by atoms with Crippen molar-refractivity contribution < 1.29 is 9.72 Å². The van der Waals surface area contributed by atoms with Crippen LogP contribution in [0.15, 0.2) is 30.5 Å². The third-order valence-corrected chi connectivity index (χ3v) is 3.57. The van der Waals surface area contributed by atoms with Crippen molar-refractivity contribution in [3.63, 3.8) is 0 Å². The SMILES string of the molecule is CCn1ncc(C(C)NC(=O)c2cccc([N+](=O)[O-])c2)c1C. The summed E-state index contributed by atoms with van der Waals surface area (Å²) in [6.45, 7) is 6.56. The first-order valence-corrected chi connectivity index (χ1v) is 7.01. The second-order valence-corrected chi connectivity index (χ2v) is 5.00. The monoisotopic (exact) mass is 302 g/mol. The molecule has 0 spiro atoms. The number of benzene rings is 1. The van der Waals surface area contributed by atoms with Gasteiger partial charge in [-0.05, 0) is 26.8 Å². The van der Waals surface area contributed by atoms with Crippen molar-refractivity contribution in [2.75, 3.05) is 0 Å². The molecule has 1 heterocycles. The number of carbonyl (C=O) groups excluding carboxylic acids is 1. The summed E-state index contributed by atoms with van der Waals surface area (Å²) in [7, 11) is 0. The van der Waals surface area contributed by atoms with Crippen LogP contribution >= 0.6 is 0 Å². The molecule has 0 bridgehead atoms. The predicted molar refractivity (Wildman–Crippen MR) is 81.6 cm³/mol. The molecule has 7 heteroatoms. The van der Waals surface area contributed by atoms with Crippen LogP contribution in [0.4, 0.5) is 5.69 Å². The molecule has 0 fully saturated rings. The van der Waals surface area contributed by atoms with E-state index in [0.717, 1.165) is 17.8 Å². The number of carbonyl (C=O) groups is 1. The van der Waals surface area contributed by atoms with E-state index in [0.29, 0.717) is 0 Å². The van der Waals surface area contributed by atoms with E-state index in [1.807, 2.05) is 25.5 Å². The van der Waals surface area contributed by atoms with Gasteiger partial charge in [0.05, 0.1) is 17.2 Å². The van der Waals surface area contributed by atoms with Gasteiger partial charge in [0.15, 0.2) is 0 Å². The third kappa shape index (κ3) is 3.13. The average molecular weight is 302 g/mol. The maximum absolute atomic E-state index is 12.2. The summed E-state index contributed by atoms with van der Waals surface area (Å²) in [5.74, 6) is -0.347. The van der Waals surface area contributed by atoms with Gasteiger partial charge in [0.1, 0.15) is 0 Å². The summed E-state index contributed by atoms with van der Waals surface area (Å²) in [5.41, 5.74) is 2.09. The Morgan fingerprint density at radius 3 is 2.82 bits per heavy atom. The van der Waals surface area contributed by atoms with E-state index in [2.05, 4.69) is 10.4 Å². The van der Waals surface area contributed by atoms with Crippen molar-refractivity contribution in [2.45, 2.75) is 33.4 Å². The fourth-order valence-corrected chi connectivity index (χ4v) is 2.32. The van der Waals surface area contributed by atoms with Gasteiger partial charge in [0.25, 0.3) is 11.6 Å². The second kappa shape index (κ2) is 6.38. The molecule has 116 valence electrons. The van der Waals surface area contributed by atoms with Gasteiger partial charge in [-0.2, -0.15) is 5.10 Å². The Labute approximate surface area is 128 Å². The minimum absolute atomic E-state index is 0.102. The van der Waals surface area contributed by atoms with E-state index >= 15 is 0 Å². The van der Waals surface area contributed by atoms with E-state index in [-0.39, 0.29) is 23.2 Å². The average Bonchev–Trinajstić information content (AvgIpc) is 2.88. The van der Waals surface area contributed by atoms with Crippen LogP contribution in [0.3, 0.4) is 0 Å². The van der Waals surface area contributed by atoms with Crippen molar-refractivity contribution in [2.24, 2.45) is 0 Å². The zero-order chi connectivity index (χ0) is 16.3. The number of hydrogen-bond donors (Lipinski definition) is 1. The van der Waals surface area contributed by atoms with Gasteiger partial charge in [0, 0.05) is 35.5 Å². The second-order valence-electron chi connectivity index (χ2n) is 5.00. The molecule has 1 amide bonds. The summed E-state index contributed by atoms with van der Waals surface area (Å²) in [5, 5.41) is 17.9. The molecule has 1 aromatic heterocycles. The molecule has 22 heavy (non-hydrogen) atoms. The molecule has 1 unspecified atom stereocenters. The minimum Gasteiger partial charge on any atom is -0.345 e. The molecule has 1 atom stereocenters. The molecule has 7 nitrogen and oxygen atoms in total. The first-order chi connectivity index (χ1) is 10.4. The number of nitrogens with zero attached hydrogens (tertiary/aromatic N) is 3. The highest BCUT2D eigenvalue weighted by atomic mass is 16.6. The number of hydrogen-bond acceptors (Lipinski definition) is 4. The van der Waals surface area contributed by atoms with E-state index in [9.17, 15) is 14.9 Å². The van der Waals surface area contributed by atoms with Crippen molar-refractivity contribution in [3.8, 4) is 0 Å². The number of aryl methyl sites for hydroxylation is 1. The van der Waals surface area contributed by atoms with Crippen LogP contribution in [0.2, 0.25) is 0 Å². The number of rotatable bonds is 5. The summed E-state index contributed by atoms with van der Waals surface area (Å²) in [6, 6.07) is 5.45. The highest BCUT2D eigenvalue weighted by molar-refractivity contribution is 5.95. The van der Waals surface area contributed by atoms with Crippen LogP contribution in [0.5, 0.6) is 0 Å². The minimum atomic E-state index is -0.518. The maximum Gasteiger partial charge on any atom is 0.270 e. The number of nitro benzene ring substituents is 1. The Morgan fingerprint density at radius 2 is 2.23 bits per heavy atom. The van der Waals surface area contributed by atoms with E-state index < -0.39 is 4.92 Å². The molecule has 0 radical (unpaired) electrons. The lowest BCUT2D eigenvalue weighted by Crippen LogP contribution is -2.27. The van der Waals surface area contributed by atoms with Gasteiger partial charge in [-0.3, -0.25) is 19.6 Å². The van der Waals surface area contributed by atoms with Gasteiger partial charge in [-0.1, -0.05) is 6.07 Å². The van der Waals surface area contributed by atoms with E-state index in [1.165, 1.54) is 18.2 Å². The van der Waals surface area contributed by atoms with E-state index in [4.69, 9.17) is 0 Å². The van der Waals surface area contributed by atoms with Crippen LogP contribution in [0.25, 0.3) is 0 Å². The van der Waals surface area contributed by atoms with Crippen LogP contribution in [-0.4, -0.2) is 20.6 Å². The smallest absolute Gasteiger partial charge is 0.270 e. The Hall–Kier alpha value is -2.70. The van der Waals surface area contributed by atoms with Gasteiger partial charge in [-0.25, -0.2) is 0 Å². The largest absolute Gasteiger partial charge is 0.345 e. The Bertz CT molecular complexity index is 709. The van der Waals surface area contributed by atoms with Gasteiger partial charge in [-0.15, -0.1) is 0 Å². The van der Waals surface area contributed by atoms with Gasteiger partial charge in [0.2, 0.25) is 0 Å². The number of nitrogens with one attached hydrogen (secondary N) is 1. The fourth-order valence-electron chi connectivity index (χ4n) is 2.32. The molecule has 2 rings (SSSR count). The zero-order valence-corrected chi connectivity index (χ0v) is 12.7. The summed E-state index contributed by atoms with van der Waals surface area (Å²) < 4.78 is 1.85. The summed E-state index contributed by atoms with van der Waals surface area (Å²) in [4.78, 5) is 22.5. The molecule has 0 aliphatic carbocycles. The highest BCUT2D eigenvalue weighted by Gasteiger charge is 2.17. The van der Waals surface area contributed by atoms with E-state index in [1.54, 1.807) is 12.3 Å². The first-order valence-electron chi connectivity index (χ1n) is 7.01. The summed E-state index contributed by atoms with van der Waals surface area (Å²) >= 11 is 0. The van der Waals surface area contributed by atoms with Crippen LogP contribution in [-0.2, 0) is 6.54 Å². The van der Waals surface area contributed by atoms with Crippen LogP contribution in [0, 0.1) is 17.0 Å². The lowest BCUT2D eigenvalue weighted by atomic mass is 10.1.